The zero-order valence-corrected chi connectivity index (χ0v) is 11.2. The summed E-state index contributed by atoms with van der Waals surface area (Å²) in [6.45, 7) is 0.818. The van der Waals surface area contributed by atoms with Gasteiger partial charge in [0.15, 0.2) is 0 Å². The van der Waals surface area contributed by atoms with Crippen LogP contribution in [0.2, 0.25) is 0 Å². The Bertz CT molecular complexity index is 286. The van der Waals surface area contributed by atoms with Crippen LogP contribution in [0.1, 0.15) is 30.7 Å². The quantitative estimate of drug-likeness (QED) is 0.542. The molecule has 90 valence electrons. The lowest BCUT2D eigenvalue weighted by molar-refractivity contribution is 0.191. The lowest BCUT2D eigenvalue weighted by atomic mass is 9.95. The maximum absolute atomic E-state index is 12.8. The molecule has 0 amide bonds. The van der Waals surface area contributed by atoms with E-state index in [2.05, 4.69) is 15.9 Å². The molecule has 0 spiro atoms. The zero-order chi connectivity index (χ0) is 11.8. The summed E-state index contributed by atoms with van der Waals surface area (Å²) in [5.74, 6) is 0.300. The van der Waals surface area contributed by atoms with Crippen LogP contribution < -0.4 is 0 Å². The van der Waals surface area contributed by atoms with Crippen LogP contribution in [-0.4, -0.2) is 19.0 Å². The molecule has 0 aliphatic heterocycles. The van der Waals surface area contributed by atoms with Gasteiger partial charge in [-0.3, -0.25) is 0 Å². The Kier molecular flexibility index (Phi) is 6.65. The Balaban J connectivity index is 2.44. The molecule has 0 radical (unpaired) electrons. The number of benzene rings is 1. The van der Waals surface area contributed by atoms with Crippen LogP contribution >= 0.6 is 15.9 Å². The van der Waals surface area contributed by atoms with Gasteiger partial charge in [-0.2, -0.15) is 0 Å². The van der Waals surface area contributed by atoms with E-state index < -0.39 is 0 Å². The van der Waals surface area contributed by atoms with Crippen molar-refractivity contribution in [1.29, 1.82) is 0 Å². The zero-order valence-electron chi connectivity index (χ0n) is 9.59. The summed E-state index contributed by atoms with van der Waals surface area (Å²) in [5, 5.41) is 0.922. The second kappa shape index (κ2) is 7.80. The molecule has 1 atom stereocenters. The molecule has 0 aliphatic carbocycles. The molecule has 3 heteroatoms. The van der Waals surface area contributed by atoms with Crippen LogP contribution in [0.4, 0.5) is 4.39 Å². The Morgan fingerprint density at radius 1 is 1.25 bits per heavy atom. The Morgan fingerprint density at radius 2 is 1.94 bits per heavy atom. The SMILES string of the molecule is COCCCCC(CBr)c1ccc(F)cc1. The fourth-order valence-electron chi connectivity index (χ4n) is 1.70. The molecule has 1 unspecified atom stereocenters. The highest BCUT2D eigenvalue weighted by molar-refractivity contribution is 9.09. The summed E-state index contributed by atoms with van der Waals surface area (Å²) in [6, 6.07) is 6.80. The highest BCUT2D eigenvalue weighted by Crippen LogP contribution is 2.24. The van der Waals surface area contributed by atoms with Gasteiger partial charge in [0.1, 0.15) is 5.82 Å². The average molecular weight is 289 g/mol. The Morgan fingerprint density at radius 3 is 2.50 bits per heavy atom. The first-order valence-electron chi connectivity index (χ1n) is 5.58. The van der Waals surface area contributed by atoms with Gasteiger partial charge in [-0.1, -0.05) is 34.5 Å². The van der Waals surface area contributed by atoms with E-state index in [0.29, 0.717) is 5.92 Å². The van der Waals surface area contributed by atoms with Crippen LogP contribution in [0.15, 0.2) is 24.3 Å². The van der Waals surface area contributed by atoms with Gasteiger partial charge in [0.2, 0.25) is 0 Å². The molecule has 16 heavy (non-hydrogen) atoms. The van der Waals surface area contributed by atoms with Gasteiger partial charge in [-0.25, -0.2) is 4.39 Å². The summed E-state index contributed by atoms with van der Waals surface area (Å²) in [6.07, 6.45) is 3.34. The first-order chi connectivity index (χ1) is 7.77. The number of hydrogen-bond acceptors (Lipinski definition) is 1. The highest BCUT2D eigenvalue weighted by Gasteiger charge is 2.09. The fraction of sp³-hybridized carbons (Fsp3) is 0.538. The van der Waals surface area contributed by atoms with Crippen molar-refractivity contribution in [2.75, 3.05) is 19.0 Å². The smallest absolute Gasteiger partial charge is 0.123 e. The largest absolute Gasteiger partial charge is 0.385 e. The third kappa shape index (κ3) is 4.62. The predicted molar refractivity (Wildman–Crippen MR) is 68.7 cm³/mol. The van der Waals surface area contributed by atoms with E-state index in [1.165, 1.54) is 17.7 Å². The summed E-state index contributed by atoms with van der Waals surface area (Å²) in [7, 11) is 1.72. The third-order valence-electron chi connectivity index (χ3n) is 2.68. The van der Waals surface area contributed by atoms with Gasteiger partial charge < -0.3 is 4.74 Å². The van der Waals surface area contributed by atoms with Crippen LogP contribution in [0, 0.1) is 5.82 Å². The molecule has 0 bridgehead atoms. The number of methoxy groups -OCH3 is 1. The molecular formula is C13H18BrFO. The van der Waals surface area contributed by atoms with Crippen molar-refractivity contribution >= 4 is 15.9 Å². The molecule has 1 aromatic carbocycles. The van der Waals surface area contributed by atoms with Gasteiger partial charge in [-0.15, -0.1) is 0 Å². The molecule has 0 heterocycles. The maximum atomic E-state index is 12.8. The van der Waals surface area contributed by atoms with Crippen LogP contribution in [-0.2, 0) is 4.74 Å². The fourth-order valence-corrected chi connectivity index (χ4v) is 2.40. The molecule has 0 saturated carbocycles. The minimum atomic E-state index is -0.170. The van der Waals surface area contributed by atoms with Crippen molar-refractivity contribution in [1.82, 2.24) is 0 Å². The van der Waals surface area contributed by atoms with E-state index in [0.717, 1.165) is 31.2 Å². The normalized spacial score (nSPS) is 12.7. The number of unbranched alkanes of at least 4 members (excludes halogenated alkanes) is 1. The Hall–Kier alpha value is -0.410. The molecule has 0 fully saturated rings. The first-order valence-corrected chi connectivity index (χ1v) is 6.70. The van der Waals surface area contributed by atoms with E-state index in [4.69, 9.17) is 4.74 Å². The van der Waals surface area contributed by atoms with Crippen molar-refractivity contribution in [2.45, 2.75) is 25.2 Å². The summed E-state index contributed by atoms with van der Waals surface area (Å²) in [4.78, 5) is 0. The van der Waals surface area contributed by atoms with E-state index in [1.54, 1.807) is 7.11 Å². The minimum Gasteiger partial charge on any atom is -0.385 e. The maximum Gasteiger partial charge on any atom is 0.123 e. The Labute approximate surface area is 105 Å². The molecule has 0 aliphatic rings. The summed E-state index contributed by atoms with van der Waals surface area (Å²) in [5.41, 5.74) is 1.20. The number of rotatable bonds is 7. The van der Waals surface area contributed by atoms with Crippen molar-refractivity contribution in [3.63, 3.8) is 0 Å². The lowest BCUT2D eigenvalue weighted by Gasteiger charge is -2.14. The van der Waals surface area contributed by atoms with Crippen molar-refractivity contribution < 1.29 is 9.13 Å². The van der Waals surface area contributed by atoms with E-state index >= 15 is 0 Å². The number of halogens is 2. The number of alkyl halides is 1. The summed E-state index contributed by atoms with van der Waals surface area (Å²) >= 11 is 3.52. The van der Waals surface area contributed by atoms with E-state index in [-0.39, 0.29) is 5.82 Å². The molecular weight excluding hydrogens is 271 g/mol. The summed E-state index contributed by atoms with van der Waals surface area (Å²) < 4.78 is 17.8. The van der Waals surface area contributed by atoms with E-state index in [9.17, 15) is 4.39 Å². The molecule has 1 nitrogen and oxygen atoms in total. The van der Waals surface area contributed by atoms with Gasteiger partial charge >= 0.3 is 0 Å². The van der Waals surface area contributed by atoms with Crippen LogP contribution in [0.25, 0.3) is 0 Å². The second-order valence-electron chi connectivity index (χ2n) is 3.89. The number of ether oxygens (including phenoxy) is 1. The van der Waals surface area contributed by atoms with Crippen LogP contribution in [0.5, 0.6) is 0 Å². The molecule has 0 aromatic heterocycles. The number of hydrogen-bond donors (Lipinski definition) is 0. The standard InChI is InChI=1S/C13H18BrFO/c1-16-9-3-2-4-12(10-14)11-5-7-13(15)8-6-11/h5-8,12H,2-4,9-10H2,1H3. The minimum absolute atomic E-state index is 0.170. The van der Waals surface area contributed by atoms with Gasteiger partial charge in [0, 0.05) is 19.0 Å². The molecule has 1 rings (SSSR count). The lowest BCUT2D eigenvalue weighted by Crippen LogP contribution is -2.01. The van der Waals surface area contributed by atoms with Crippen molar-refractivity contribution in [3.8, 4) is 0 Å². The third-order valence-corrected chi connectivity index (χ3v) is 3.46. The van der Waals surface area contributed by atoms with Gasteiger partial charge in [0.25, 0.3) is 0 Å². The predicted octanol–water partition coefficient (Wildman–Crippen LogP) is 4.12. The molecule has 0 N–H and O–H groups in total. The van der Waals surface area contributed by atoms with Gasteiger partial charge in [0.05, 0.1) is 0 Å². The van der Waals surface area contributed by atoms with E-state index in [1.807, 2.05) is 12.1 Å². The first kappa shape index (κ1) is 13.7. The topological polar surface area (TPSA) is 9.23 Å². The second-order valence-corrected chi connectivity index (χ2v) is 4.54. The van der Waals surface area contributed by atoms with Crippen molar-refractivity contribution in [3.05, 3.63) is 35.6 Å². The molecule has 0 saturated heterocycles. The van der Waals surface area contributed by atoms with Crippen molar-refractivity contribution in [2.24, 2.45) is 0 Å². The monoisotopic (exact) mass is 288 g/mol. The molecule has 1 aromatic rings. The highest BCUT2D eigenvalue weighted by atomic mass is 79.9. The van der Waals surface area contributed by atoms with Gasteiger partial charge in [-0.05, 0) is 36.5 Å². The van der Waals surface area contributed by atoms with Crippen LogP contribution in [0.3, 0.4) is 0 Å². The average Bonchev–Trinajstić information content (AvgIpc) is 2.31.